The maximum absolute atomic E-state index is 12.3. The van der Waals surface area contributed by atoms with Gasteiger partial charge in [0.1, 0.15) is 5.75 Å². The van der Waals surface area contributed by atoms with E-state index in [1.54, 1.807) is 27.4 Å². The second kappa shape index (κ2) is 9.48. The van der Waals surface area contributed by atoms with Crippen LogP contribution in [0.4, 0.5) is 0 Å². The molecule has 0 aromatic heterocycles. The van der Waals surface area contributed by atoms with Gasteiger partial charge in [0, 0.05) is 30.8 Å². The van der Waals surface area contributed by atoms with Crippen molar-refractivity contribution in [3.8, 4) is 17.2 Å². The Morgan fingerprint density at radius 3 is 2.48 bits per heavy atom. The van der Waals surface area contributed by atoms with Gasteiger partial charge in [0.2, 0.25) is 5.91 Å². The largest absolute Gasteiger partial charge is 0.496 e. The molecule has 0 bridgehead atoms. The van der Waals surface area contributed by atoms with Gasteiger partial charge in [-0.2, -0.15) is 0 Å². The van der Waals surface area contributed by atoms with Crippen molar-refractivity contribution in [2.45, 2.75) is 25.4 Å². The molecule has 1 heterocycles. The summed E-state index contributed by atoms with van der Waals surface area (Å²) in [4.78, 5) is 14.5. The minimum Gasteiger partial charge on any atom is -0.496 e. The molecule has 7 nitrogen and oxygen atoms in total. The van der Waals surface area contributed by atoms with Crippen molar-refractivity contribution in [1.82, 2.24) is 15.5 Å². The molecule has 0 aliphatic carbocycles. The molecule has 2 rings (SSSR count). The van der Waals surface area contributed by atoms with Crippen LogP contribution in [0.1, 0.15) is 18.4 Å². The van der Waals surface area contributed by atoms with Crippen LogP contribution in [0.5, 0.6) is 17.2 Å². The molecule has 1 unspecified atom stereocenters. The molecule has 2 N–H and O–H groups in total. The van der Waals surface area contributed by atoms with E-state index in [0.717, 1.165) is 31.5 Å². The summed E-state index contributed by atoms with van der Waals surface area (Å²) >= 11 is 0. The number of benzene rings is 1. The van der Waals surface area contributed by atoms with Crippen LogP contribution in [0, 0.1) is 0 Å². The molecule has 1 aromatic rings. The third-order valence-electron chi connectivity index (χ3n) is 4.54. The fourth-order valence-electron chi connectivity index (χ4n) is 3.12. The summed E-state index contributed by atoms with van der Waals surface area (Å²) in [5.41, 5.74) is 0.847. The molecule has 1 aliphatic heterocycles. The molecule has 1 saturated heterocycles. The Bertz CT molecular complexity index is 580. The summed E-state index contributed by atoms with van der Waals surface area (Å²) in [5.74, 6) is 1.88. The molecular weight excluding hydrogens is 322 g/mol. The van der Waals surface area contributed by atoms with Crippen LogP contribution in [-0.2, 0) is 11.3 Å². The van der Waals surface area contributed by atoms with Gasteiger partial charge in [-0.25, -0.2) is 0 Å². The summed E-state index contributed by atoms with van der Waals surface area (Å²) in [6.45, 7) is 2.66. The number of rotatable bonds is 8. The molecule has 1 aliphatic rings. The van der Waals surface area contributed by atoms with Gasteiger partial charge in [0.05, 0.1) is 27.9 Å². The maximum Gasteiger partial charge on any atom is 0.234 e. The summed E-state index contributed by atoms with van der Waals surface area (Å²) in [6, 6.07) is 4.06. The lowest BCUT2D eigenvalue weighted by Gasteiger charge is -2.31. The molecule has 1 aromatic carbocycles. The standard InChI is InChI=1S/C18H29N3O4/c1-19-14-6-5-7-21(11-14)12-18(22)20-10-13-8-16(24-3)17(25-4)9-15(13)23-2/h8-9,14,19H,5-7,10-12H2,1-4H3,(H,20,22). The minimum atomic E-state index is 0.00795. The second-order valence-electron chi connectivity index (χ2n) is 6.16. The number of ether oxygens (including phenoxy) is 3. The average Bonchev–Trinajstić information content (AvgIpc) is 2.65. The minimum absolute atomic E-state index is 0.00795. The maximum atomic E-state index is 12.3. The molecule has 140 valence electrons. The molecule has 1 atom stereocenters. The zero-order valence-corrected chi connectivity index (χ0v) is 15.6. The third-order valence-corrected chi connectivity index (χ3v) is 4.54. The number of nitrogens with one attached hydrogen (secondary N) is 2. The summed E-state index contributed by atoms with van der Waals surface area (Å²) in [7, 11) is 6.73. The third kappa shape index (κ3) is 5.24. The summed E-state index contributed by atoms with van der Waals surface area (Å²) < 4.78 is 16.0. The lowest BCUT2D eigenvalue weighted by molar-refractivity contribution is -0.122. The molecule has 0 saturated carbocycles. The Morgan fingerprint density at radius 2 is 1.84 bits per heavy atom. The van der Waals surface area contributed by atoms with Gasteiger partial charge in [0.15, 0.2) is 11.5 Å². The highest BCUT2D eigenvalue weighted by molar-refractivity contribution is 5.78. The Labute approximate surface area is 149 Å². The molecule has 1 amide bonds. The molecule has 7 heteroatoms. The van der Waals surface area contributed by atoms with Crippen molar-refractivity contribution in [3.63, 3.8) is 0 Å². The predicted octanol–water partition coefficient (Wildman–Crippen LogP) is 1.01. The Hall–Kier alpha value is -1.99. The number of carbonyl (C=O) groups is 1. The highest BCUT2D eigenvalue weighted by Gasteiger charge is 2.20. The van der Waals surface area contributed by atoms with Crippen molar-refractivity contribution < 1.29 is 19.0 Å². The van der Waals surface area contributed by atoms with Crippen molar-refractivity contribution in [1.29, 1.82) is 0 Å². The van der Waals surface area contributed by atoms with Gasteiger partial charge in [-0.3, -0.25) is 9.69 Å². The lowest BCUT2D eigenvalue weighted by atomic mass is 10.1. The average molecular weight is 351 g/mol. The van der Waals surface area contributed by atoms with Crippen LogP contribution in [-0.4, -0.2) is 64.9 Å². The SMILES string of the molecule is CNC1CCCN(CC(=O)NCc2cc(OC)c(OC)cc2OC)C1. The number of likely N-dealkylation sites (tertiary alicyclic amines) is 1. The van der Waals surface area contributed by atoms with E-state index in [1.807, 2.05) is 13.1 Å². The highest BCUT2D eigenvalue weighted by Crippen LogP contribution is 2.34. The van der Waals surface area contributed by atoms with Crippen LogP contribution >= 0.6 is 0 Å². The molecule has 1 fully saturated rings. The van der Waals surface area contributed by atoms with E-state index in [1.165, 1.54) is 0 Å². The number of nitrogens with zero attached hydrogens (tertiary/aromatic N) is 1. The van der Waals surface area contributed by atoms with E-state index in [9.17, 15) is 4.79 Å². The summed E-state index contributed by atoms with van der Waals surface area (Å²) in [6.07, 6.45) is 2.28. The zero-order valence-electron chi connectivity index (χ0n) is 15.6. The molecule has 0 radical (unpaired) electrons. The number of methoxy groups -OCH3 is 3. The van der Waals surface area contributed by atoms with Gasteiger partial charge in [-0.05, 0) is 32.5 Å². The first-order valence-electron chi connectivity index (χ1n) is 8.56. The fraction of sp³-hybridized carbons (Fsp3) is 0.611. The Balaban J connectivity index is 1.94. The quantitative estimate of drug-likeness (QED) is 0.728. The van der Waals surface area contributed by atoms with Crippen LogP contribution in [0.2, 0.25) is 0 Å². The molecule has 25 heavy (non-hydrogen) atoms. The fourth-order valence-corrected chi connectivity index (χ4v) is 3.12. The number of carbonyl (C=O) groups excluding carboxylic acids is 1. The van der Waals surface area contributed by atoms with Gasteiger partial charge in [-0.15, -0.1) is 0 Å². The van der Waals surface area contributed by atoms with Gasteiger partial charge in [-0.1, -0.05) is 0 Å². The van der Waals surface area contributed by atoms with Gasteiger partial charge >= 0.3 is 0 Å². The van der Waals surface area contributed by atoms with E-state index in [2.05, 4.69) is 15.5 Å². The van der Waals surface area contributed by atoms with Crippen molar-refractivity contribution in [2.24, 2.45) is 0 Å². The predicted molar refractivity (Wildman–Crippen MR) is 96.5 cm³/mol. The Kier molecular flexibility index (Phi) is 7.33. The monoisotopic (exact) mass is 351 g/mol. The second-order valence-corrected chi connectivity index (χ2v) is 6.16. The molecule has 0 spiro atoms. The van der Waals surface area contributed by atoms with E-state index in [4.69, 9.17) is 14.2 Å². The zero-order chi connectivity index (χ0) is 18.2. The topological polar surface area (TPSA) is 72.1 Å². The van der Waals surface area contributed by atoms with Crippen LogP contribution < -0.4 is 24.8 Å². The highest BCUT2D eigenvalue weighted by atomic mass is 16.5. The van der Waals surface area contributed by atoms with Crippen molar-refractivity contribution >= 4 is 5.91 Å². The number of piperidine rings is 1. The van der Waals surface area contributed by atoms with Gasteiger partial charge < -0.3 is 24.8 Å². The van der Waals surface area contributed by atoms with Crippen LogP contribution in [0.3, 0.4) is 0 Å². The van der Waals surface area contributed by atoms with Gasteiger partial charge in [0.25, 0.3) is 0 Å². The normalized spacial score (nSPS) is 17.8. The number of likely N-dealkylation sites (N-methyl/N-ethyl adjacent to an activating group) is 1. The first-order chi connectivity index (χ1) is 12.1. The smallest absolute Gasteiger partial charge is 0.234 e. The van der Waals surface area contributed by atoms with Crippen LogP contribution in [0.15, 0.2) is 12.1 Å². The van der Waals surface area contributed by atoms with Crippen molar-refractivity contribution in [2.75, 3.05) is 48.0 Å². The number of hydrogen-bond acceptors (Lipinski definition) is 6. The number of hydrogen-bond donors (Lipinski definition) is 2. The first-order valence-corrected chi connectivity index (χ1v) is 8.56. The van der Waals surface area contributed by atoms with E-state index >= 15 is 0 Å². The summed E-state index contributed by atoms with van der Waals surface area (Å²) in [5, 5.41) is 6.25. The lowest BCUT2D eigenvalue weighted by Crippen LogP contribution is -2.47. The number of amides is 1. The van der Waals surface area contributed by atoms with E-state index < -0.39 is 0 Å². The molecular formula is C18H29N3O4. The van der Waals surface area contributed by atoms with E-state index in [0.29, 0.717) is 36.4 Å². The Morgan fingerprint density at radius 1 is 1.16 bits per heavy atom. The van der Waals surface area contributed by atoms with Crippen LogP contribution in [0.25, 0.3) is 0 Å². The van der Waals surface area contributed by atoms with E-state index in [-0.39, 0.29) is 5.91 Å². The van der Waals surface area contributed by atoms with Crippen molar-refractivity contribution in [3.05, 3.63) is 17.7 Å². The first kappa shape index (κ1) is 19.3.